The fraction of sp³-hybridized carbons (Fsp3) is 0.278. The normalized spacial score (nSPS) is 15.5. The molecular formula is C18H18FN5S. The molecule has 2 aromatic heterocycles. The second-order valence-electron chi connectivity index (χ2n) is 5.96. The summed E-state index contributed by atoms with van der Waals surface area (Å²) >= 11 is 1.60. The summed E-state index contributed by atoms with van der Waals surface area (Å²) in [6.45, 7) is 4.59. The van der Waals surface area contributed by atoms with Crippen molar-refractivity contribution in [3.05, 3.63) is 59.6 Å². The first-order chi connectivity index (χ1) is 12.3. The van der Waals surface area contributed by atoms with Gasteiger partial charge in [-0.2, -0.15) is 0 Å². The maximum Gasteiger partial charge on any atom is 0.225 e. The molecule has 0 atom stereocenters. The van der Waals surface area contributed by atoms with Crippen molar-refractivity contribution in [3.8, 4) is 10.6 Å². The molecule has 1 fully saturated rings. The van der Waals surface area contributed by atoms with Crippen LogP contribution in [0.1, 0.15) is 5.69 Å². The molecule has 0 radical (unpaired) electrons. The lowest BCUT2D eigenvalue weighted by Gasteiger charge is -2.34. The van der Waals surface area contributed by atoms with E-state index < -0.39 is 0 Å². The van der Waals surface area contributed by atoms with Crippen LogP contribution in [-0.2, 0) is 6.54 Å². The van der Waals surface area contributed by atoms with Crippen molar-refractivity contribution < 1.29 is 4.39 Å². The second-order valence-corrected chi connectivity index (χ2v) is 6.82. The predicted molar refractivity (Wildman–Crippen MR) is 97.0 cm³/mol. The van der Waals surface area contributed by atoms with E-state index in [1.807, 2.05) is 6.07 Å². The molecule has 0 spiro atoms. The van der Waals surface area contributed by atoms with E-state index in [2.05, 4.69) is 25.1 Å². The molecule has 3 aromatic rings. The Morgan fingerprint density at radius 1 is 1.00 bits per heavy atom. The number of anilines is 1. The minimum atomic E-state index is -0.221. The lowest BCUT2D eigenvalue weighted by Crippen LogP contribution is -2.46. The summed E-state index contributed by atoms with van der Waals surface area (Å²) < 4.78 is 13.0. The van der Waals surface area contributed by atoms with E-state index in [9.17, 15) is 4.39 Å². The maximum atomic E-state index is 13.0. The molecule has 3 heterocycles. The highest BCUT2D eigenvalue weighted by molar-refractivity contribution is 7.13. The number of benzene rings is 1. The third-order valence-corrected chi connectivity index (χ3v) is 5.18. The van der Waals surface area contributed by atoms with Crippen LogP contribution in [-0.4, -0.2) is 46.0 Å². The van der Waals surface area contributed by atoms with Gasteiger partial charge in [-0.1, -0.05) is 0 Å². The van der Waals surface area contributed by atoms with E-state index in [-0.39, 0.29) is 5.82 Å². The largest absolute Gasteiger partial charge is 0.338 e. The lowest BCUT2D eigenvalue weighted by atomic mass is 10.2. The van der Waals surface area contributed by atoms with Crippen LogP contribution in [0.5, 0.6) is 0 Å². The van der Waals surface area contributed by atoms with E-state index in [1.165, 1.54) is 12.1 Å². The van der Waals surface area contributed by atoms with Crippen LogP contribution in [0.3, 0.4) is 0 Å². The van der Waals surface area contributed by atoms with Crippen molar-refractivity contribution in [1.29, 1.82) is 0 Å². The van der Waals surface area contributed by atoms with Crippen LogP contribution in [0.2, 0.25) is 0 Å². The van der Waals surface area contributed by atoms with Gasteiger partial charge in [-0.05, 0) is 30.3 Å². The first-order valence-electron chi connectivity index (χ1n) is 8.22. The number of piperazine rings is 1. The first kappa shape index (κ1) is 16.1. The molecule has 0 saturated carbocycles. The minimum absolute atomic E-state index is 0.221. The van der Waals surface area contributed by atoms with Crippen molar-refractivity contribution in [2.75, 3.05) is 31.1 Å². The number of hydrogen-bond donors (Lipinski definition) is 0. The Morgan fingerprint density at radius 2 is 1.72 bits per heavy atom. The minimum Gasteiger partial charge on any atom is -0.338 e. The number of aromatic nitrogens is 3. The third kappa shape index (κ3) is 3.83. The molecule has 128 valence electrons. The summed E-state index contributed by atoms with van der Waals surface area (Å²) in [5.74, 6) is 0.579. The highest BCUT2D eigenvalue weighted by atomic mass is 32.1. The number of nitrogens with zero attached hydrogens (tertiary/aromatic N) is 5. The van der Waals surface area contributed by atoms with E-state index in [0.717, 1.165) is 54.9 Å². The van der Waals surface area contributed by atoms with Gasteiger partial charge in [0.25, 0.3) is 0 Å². The average molecular weight is 355 g/mol. The fourth-order valence-electron chi connectivity index (χ4n) is 2.89. The quantitative estimate of drug-likeness (QED) is 0.720. The van der Waals surface area contributed by atoms with Gasteiger partial charge in [0.1, 0.15) is 10.8 Å². The molecule has 0 bridgehead atoms. The molecule has 25 heavy (non-hydrogen) atoms. The molecule has 0 N–H and O–H groups in total. The van der Waals surface area contributed by atoms with Gasteiger partial charge in [-0.25, -0.2) is 19.3 Å². The van der Waals surface area contributed by atoms with Gasteiger partial charge in [0.15, 0.2) is 0 Å². The molecule has 4 rings (SSSR count). The topological polar surface area (TPSA) is 45.2 Å². The van der Waals surface area contributed by atoms with Crippen LogP contribution in [0.25, 0.3) is 10.6 Å². The van der Waals surface area contributed by atoms with E-state index in [0.29, 0.717) is 0 Å². The summed E-state index contributed by atoms with van der Waals surface area (Å²) in [5.41, 5.74) is 2.03. The van der Waals surface area contributed by atoms with Gasteiger partial charge in [-0.15, -0.1) is 11.3 Å². The molecule has 0 amide bonds. The van der Waals surface area contributed by atoms with Crippen molar-refractivity contribution in [1.82, 2.24) is 19.9 Å². The standard InChI is InChI=1S/C18H18FN5S/c19-15-4-2-14(3-5-15)17-22-16(13-25-17)12-23-8-10-24(11-9-23)18-20-6-1-7-21-18/h1-7,13H,8-12H2. The molecule has 0 unspecified atom stereocenters. The first-order valence-corrected chi connectivity index (χ1v) is 9.10. The van der Waals surface area contributed by atoms with Gasteiger partial charge < -0.3 is 4.90 Å². The van der Waals surface area contributed by atoms with Gasteiger partial charge in [-0.3, -0.25) is 4.90 Å². The number of thiazole rings is 1. The summed E-state index contributed by atoms with van der Waals surface area (Å²) in [6.07, 6.45) is 3.56. The third-order valence-electron chi connectivity index (χ3n) is 4.24. The Hall–Kier alpha value is -2.38. The number of halogens is 1. The Balaban J connectivity index is 1.35. The maximum absolute atomic E-state index is 13.0. The number of hydrogen-bond acceptors (Lipinski definition) is 6. The molecule has 1 aromatic carbocycles. The Bertz CT molecular complexity index is 813. The molecule has 1 aliphatic heterocycles. The van der Waals surface area contributed by atoms with Crippen molar-refractivity contribution in [3.63, 3.8) is 0 Å². The molecule has 7 heteroatoms. The molecule has 1 saturated heterocycles. The predicted octanol–water partition coefficient (Wildman–Crippen LogP) is 3.06. The van der Waals surface area contributed by atoms with Crippen LogP contribution in [0.15, 0.2) is 48.1 Å². The van der Waals surface area contributed by atoms with Crippen molar-refractivity contribution in [2.24, 2.45) is 0 Å². The Labute approximate surface area is 149 Å². The van der Waals surface area contributed by atoms with Crippen molar-refractivity contribution >= 4 is 17.3 Å². The van der Waals surface area contributed by atoms with E-state index in [4.69, 9.17) is 4.98 Å². The van der Waals surface area contributed by atoms with Crippen LogP contribution in [0, 0.1) is 5.82 Å². The Kier molecular flexibility index (Phi) is 4.67. The van der Waals surface area contributed by atoms with Gasteiger partial charge in [0.2, 0.25) is 5.95 Å². The summed E-state index contributed by atoms with van der Waals surface area (Å²) in [7, 11) is 0. The zero-order valence-electron chi connectivity index (χ0n) is 13.7. The summed E-state index contributed by atoms with van der Waals surface area (Å²) in [5, 5.41) is 3.03. The van der Waals surface area contributed by atoms with Gasteiger partial charge >= 0.3 is 0 Å². The van der Waals surface area contributed by atoms with Gasteiger partial charge in [0, 0.05) is 56.1 Å². The lowest BCUT2D eigenvalue weighted by molar-refractivity contribution is 0.246. The molecule has 0 aliphatic carbocycles. The van der Waals surface area contributed by atoms with Crippen LogP contribution in [0.4, 0.5) is 10.3 Å². The zero-order chi connectivity index (χ0) is 17.1. The SMILES string of the molecule is Fc1ccc(-c2nc(CN3CCN(c4ncccn4)CC3)cs2)cc1. The van der Waals surface area contributed by atoms with E-state index >= 15 is 0 Å². The summed E-state index contributed by atoms with van der Waals surface area (Å²) in [4.78, 5) is 17.9. The average Bonchev–Trinajstić information content (AvgIpc) is 3.12. The molecule has 5 nitrogen and oxygen atoms in total. The van der Waals surface area contributed by atoms with Crippen LogP contribution < -0.4 is 4.90 Å². The van der Waals surface area contributed by atoms with E-state index in [1.54, 1.807) is 35.9 Å². The second kappa shape index (κ2) is 7.25. The summed E-state index contributed by atoms with van der Waals surface area (Å²) in [6, 6.07) is 8.33. The number of rotatable bonds is 4. The fourth-order valence-corrected chi connectivity index (χ4v) is 3.71. The molecular weight excluding hydrogens is 337 g/mol. The monoisotopic (exact) mass is 355 g/mol. The smallest absolute Gasteiger partial charge is 0.225 e. The van der Waals surface area contributed by atoms with Crippen LogP contribution >= 0.6 is 11.3 Å². The van der Waals surface area contributed by atoms with Gasteiger partial charge in [0.05, 0.1) is 5.69 Å². The zero-order valence-corrected chi connectivity index (χ0v) is 14.5. The molecule has 1 aliphatic rings. The highest BCUT2D eigenvalue weighted by Gasteiger charge is 2.19. The van der Waals surface area contributed by atoms with Crippen molar-refractivity contribution in [2.45, 2.75) is 6.54 Å². The Morgan fingerprint density at radius 3 is 2.44 bits per heavy atom. The highest BCUT2D eigenvalue weighted by Crippen LogP contribution is 2.24.